The highest BCUT2D eigenvalue weighted by atomic mass is 16.5. The van der Waals surface area contributed by atoms with Crippen molar-refractivity contribution in [2.45, 2.75) is 26.4 Å². The first-order valence-corrected chi connectivity index (χ1v) is 6.22. The van der Waals surface area contributed by atoms with Gasteiger partial charge in [0.15, 0.2) is 11.5 Å². The molecule has 0 amide bonds. The van der Waals surface area contributed by atoms with Gasteiger partial charge in [0.25, 0.3) is 0 Å². The summed E-state index contributed by atoms with van der Waals surface area (Å²) in [6.45, 7) is 2.29. The number of aryl methyl sites for hydroxylation is 1. The molecular formula is C13H16N2O5. The van der Waals surface area contributed by atoms with Crippen LogP contribution in [0.15, 0.2) is 15.0 Å². The predicted molar refractivity (Wildman–Crippen MR) is 68.0 cm³/mol. The second-order valence-corrected chi connectivity index (χ2v) is 4.15. The summed E-state index contributed by atoms with van der Waals surface area (Å²) in [7, 11) is 2.86. The molecule has 0 aliphatic carbocycles. The van der Waals surface area contributed by atoms with Gasteiger partial charge >= 0.3 is 5.97 Å². The fourth-order valence-electron chi connectivity index (χ4n) is 1.74. The maximum absolute atomic E-state index is 11.6. The van der Waals surface area contributed by atoms with Crippen molar-refractivity contribution in [1.29, 1.82) is 0 Å². The van der Waals surface area contributed by atoms with Crippen molar-refractivity contribution in [3.05, 3.63) is 23.3 Å². The molecule has 2 rings (SSSR count). The average Bonchev–Trinajstić information content (AvgIpc) is 3.06. The van der Waals surface area contributed by atoms with Crippen LogP contribution in [-0.4, -0.2) is 30.3 Å². The number of ether oxygens (including phenoxy) is 2. The van der Waals surface area contributed by atoms with Crippen LogP contribution in [0.1, 0.15) is 35.4 Å². The Balaban J connectivity index is 2.33. The molecule has 7 heteroatoms. The first-order valence-electron chi connectivity index (χ1n) is 6.22. The van der Waals surface area contributed by atoms with E-state index in [1.54, 1.807) is 13.2 Å². The van der Waals surface area contributed by atoms with E-state index in [-0.39, 0.29) is 11.7 Å². The van der Waals surface area contributed by atoms with Crippen molar-refractivity contribution >= 4 is 5.97 Å². The molecule has 108 valence electrons. The zero-order valence-corrected chi connectivity index (χ0v) is 11.6. The van der Waals surface area contributed by atoms with E-state index in [1.807, 2.05) is 6.92 Å². The Labute approximate surface area is 115 Å². The minimum Gasteiger partial charge on any atom is -0.463 e. The van der Waals surface area contributed by atoms with Gasteiger partial charge in [-0.2, -0.15) is 0 Å². The molecule has 0 unspecified atom stereocenters. The third kappa shape index (κ3) is 2.88. The lowest BCUT2D eigenvalue weighted by atomic mass is 10.2. The predicted octanol–water partition coefficient (Wildman–Crippen LogP) is 2.22. The second kappa shape index (κ2) is 6.33. The van der Waals surface area contributed by atoms with Crippen molar-refractivity contribution in [3.8, 4) is 11.6 Å². The summed E-state index contributed by atoms with van der Waals surface area (Å²) in [6.07, 6.45) is 1.46. The molecule has 0 bridgehead atoms. The van der Waals surface area contributed by atoms with Crippen LogP contribution in [0.2, 0.25) is 0 Å². The third-order valence-corrected chi connectivity index (χ3v) is 2.62. The Hall–Kier alpha value is -2.15. The van der Waals surface area contributed by atoms with Crippen LogP contribution >= 0.6 is 0 Å². The molecule has 0 fully saturated rings. The number of nitrogens with zero attached hydrogens (tertiary/aromatic N) is 2. The quantitative estimate of drug-likeness (QED) is 0.749. The smallest absolute Gasteiger partial charge is 0.376 e. The van der Waals surface area contributed by atoms with Crippen LogP contribution in [0.5, 0.6) is 0 Å². The molecule has 0 aromatic carbocycles. The maximum atomic E-state index is 11.6. The van der Waals surface area contributed by atoms with E-state index in [4.69, 9.17) is 13.7 Å². The van der Waals surface area contributed by atoms with Crippen LogP contribution in [-0.2, 0) is 22.5 Å². The molecule has 0 atom stereocenters. The number of methoxy groups -OCH3 is 2. The first-order chi connectivity index (χ1) is 9.69. The Morgan fingerprint density at radius 3 is 2.85 bits per heavy atom. The monoisotopic (exact) mass is 280 g/mol. The van der Waals surface area contributed by atoms with E-state index in [1.165, 1.54) is 7.11 Å². The molecule has 0 N–H and O–H groups in total. The number of carbonyl (C=O) groups excluding carboxylic acids is 1. The van der Waals surface area contributed by atoms with E-state index in [0.717, 1.165) is 6.42 Å². The van der Waals surface area contributed by atoms with Gasteiger partial charge in [-0.15, -0.1) is 0 Å². The van der Waals surface area contributed by atoms with Gasteiger partial charge in [0.2, 0.25) is 11.7 Å². The summed E-state index contributed by atoms with van der Waals surface area (Å²) < 4.78 is 20.1. The minimum atomic E-state index is -0.548. The topological polar surface area (TPSA) is 87.6 Å². The molecule has 2 aromatic heterocycles. The van der Waals surface area contributed by atoms with Crippen LogP contribution < -0.4 is 0 Å². The van der Waals surface area contributed by atoms with Crippen molar-refractivity contribution in [3.63, 3.8) is 0 Å². The molecule has 0 radical (unpaired) electrons. The minimum absolute atomic E-state index is 0.112. The fourth-order valence-corrected chi connectivity index (χ4v) is 1.74. The largest absolute Gasteiger partial charge is 0.463 e. The van der Waals surface area contributed by atoms with E-state index in [9.17, 15) is 4.79 Å². The number of hydrogen-bond donors (Lipinski definition) is 0. The lowest BCUT2D eigenvalue weighted by Gasteiger charge is -1.95. The average molecular weight is 280 g/mol. The van der Waals surface area contributed by atoms with Gasteiger partial charge in [-0.1, -0.05) is 18.5 Å². The molecule has 2 aromatic rings. The third-order valence-electron chi connectivity index (χ3n) is 2.62. The van der Waals surface area contributed by atoms with Crippen LogP contribution in [0, 0.1) is 0 Å². The van der Waals surface area contributed by atoms with Gasteiger partial charge in [0.1, 0.15) is 6.61 Å². The van der Waals surface area contributed by atoms with E-state index < -0.39 is 5.97 Å². The van der Waals surface area contributed by atoms with Gasteiger partial charge in [-0.3, -0.25) is 0 Å². The van der Waals surface area contributed by atoms with Crippen molar-refractivity contribution in [1.82, 2.24) is 10.1 Å². The second-order valence-electron chi connectivity index (χ2n) is 4.15. The lowest BCUT2D eigenvalue weighted by Crippen LogP contribution is -2.03. The molecule has 0 saturated carbocycles. The highest BCUT2D eigenvalue weighted by molar-refractivity contribution is 5.87. The Kier molecular flexibility index (Phi) is 4.52. The number of hydrogen-bond acceptors (Lipinski definition) is 7. The van der Waals surface area contributed by atoms with Crippen LogP contribution in [0.25, 0.3) is 11.6 Å². The van der Waals surface area contributed by atoms with Crippen molar-refractivity contribution in [2.24, 2.45) is 0 Å². The maximum Gasteiger partial charge on any atom is 0.376 e. The summed E-state index contributed by atoms with van der Waals surface area (Å²) in [5.74, 6) is 0.353. The molecule has 7 nitrogen and oxygen atoms in total. The van der Waals surface area contributed by atoms with E-state index >= 15 is 0 Å². The van der Waals surface area contributed by atoms with Crippen molar-refractivity contribution < 1.29 is 23.2 Å². The zero-order valence-electron chi connectivity index (χ0n) is 11.6. The first kappa shape index (κ1) is 14.3. The number of oxazole rings is 1. The fraction of sp³-hybridized carbons (Fsp3) is 0.462. The summed E-state index contributed by atoms with van der Waals surface area (Å²) >= 11 is 0. The van der Waals surface area contributed by atoms with Crippen LogP contribution in [0.3, 0.4) is 0 Å². The zero-order chi connectivity index (χ0) is 14.5. The van der Waals surface area contributed by atoms with Gasteiger partial charge in [-0.25, -0.2) is 9.78 Å². The standard InChI is InChI=1S/C13H16N2O5/c1-4-5-9-11(13(16)18-3)19-12(14-9)10-6-8(7-17-2)20-15-10/h6H,4-5,7H2,1-3H3. The van der Waals surface area contributed by atoms with Gasteiger partial charge in [0, 0.05) is 13.2 Å². The number of esters is 1. The Morgan fingerprint density at radius 2 is 2.20 bits per heavy atom. The number of carbonyl (C=O) groups is 1. The summed E-state index contributed by atoms with van der Waals surface area (Å²) in [6, 6.07) is 1.66. The molecule has 0 saturated heterocycles. The Bertz CT molecular complexity index is 587. The number of aromatic nitrogens is 2. The molecule has 20 heavy (non-hydrogen) atoms. The van der Waals surface area contributed by atoms with Crippen molar-refractivity contribution in [2.75, 3.05) is 14.2 Å². The summed E-state index contributed by atoms with van der Waals surface area (Å²) in [5, 5.41) is 3.84. The normalized spacial score (nSPS) is 10.8. The van der Waals surface area contributed by atoms with E-state index in [2.05, 4.69) is 14.9 Å². The van der Waals surface area contributed by atoms with Gasteiger partial charge < -0.3 is 18.4 Å². The molecule has 0 spiro atoms. The number of rotatable bonds is 6. The van der Waals surface area contributed by atoms with Gasteiger partial charge in [0.05, 0.1) is 12.8 Å². The van der Waals surface area contributed by atoms with Crippen LogP contribution in [0.4, 0.5) is 0 Å². The molecular weight excluding hydrogens is 264 g/mol. The molecule has 2 heterocycles. The Morgan fingerprint density at radius 1 is 1.40 bits per heavy atom. The van der Waals surface area contributed by atoms with E-state index in [0.29, 0.717) is 30.2 Å². The lowest BCUT2D eigenvalue weighted by molar-refractivity contribution is 0.0564. The summed E-state index contributed by atoms with van der Waals surface area (Å²) in [5.41, 5.74) is 0.982. The molecule has 0 aliphatic heterocycles. The SMILES string of the molecule is CCCc1nc(-c2cc(COC)on2)oc1C(=O)OC. The highest BCUT2D eigenvalue weighted by Crippen LogP contribution is 2.23. The summed E-state index contributed by atoms with van der Waals surface area (Å²) in [4.78, 5) is 15.9. The highest BCUT2D eigenvalue weighted by Gasteiger charge is 2.22. The molecule has 0 aliphatic rings. The van der Waals surface area contributed by atoms with Gasteiger partial charge in [-0.05, 0) is 6.42 Å².